The molecule has 0 heterocycles. The van der Waals surface area contributed by atoms with Gasteiger partial charge in [0.1, 0.15) is 0 Å². The van der Waals surface area contributed by atoms with Crippen molar-refractivity contribution in [2.45, 2.75) is 25.9 Å². The maximum atomic E-state index is 8.92. The minimum atomic E-state index is -0.368. The van der Waals surface area contributed by atoms with Crippen molar-refractivity contribution in [3.05, 3.63) is 24.8 Å². The second-order valence-electron chi connectivity index (χ2n) is 1.92. The highest BCUT2D eigenvalue weighted by molar-refractivity contribution is 4.89. The van der Waals surface area contributed by atoms with Crippen molar-refractivity contribution in [3.63, 3.8) is 0 Å². The zero-order valence-electron chi connectivity index (χ0n) is 5.88. The summed E-state index contributed by atoms with van der Waals surface area (Å²) < 4.78 is 0. The fraction of sp³-hybridized carbons (Fsp3) is 0.500. The molecule has 9 heavy (non-hydrogen) atoms. The quantitative estimate of drug-likeness (QED) is 0.570. The SMILES string of the molecule is C=CC(O)C/C=C/CC. The molecule has 0 amide bonds. The van der Waals surface area contributed by atoms with Crippen LogP contribution in [-0.2, 0) is 0 Å². The molecular weight excluding hydrogens is 112 g/mol. The van der Waals surface area contributed by atoms with E-state index in [4.69, 9.17) is 5.11 Å². The van der Waals surface area contributed by atoms with Gasteiger partial charge in [-0.15, -0.1) is 6.58 Å². The molecule has 1 heteroatoms. The number of aliphatic hydroxyl groups excluding tert-OH is 1. The average Bonchev–Trinajstić information content (AvgIpc) is 1.89. The molecule has 0 bridgehead atoms. The van der Waals surface area contributed by atoms with Crippen LogP contribution in [-0.4, -0.2) is 11.2 Å². The Bertz CT molecular complexity index is 94.7. The van der Waals surface area contributed by atoms with E-state index in [1.807, 2.05) is 12.2 Å². The van der Waals surface area contributed by atoms with E-state index in [9.17, 15) is 0 Å². The van der Waals surface area contributed by atoms with Crippen LogP contribution in [0.1, 0.15) is 19.8 Å². The van der Waals surface area contributed by atoms with E-state index < -0.39 is 0 Å². The fourth-order valence-electron chi connectivity index (χ4n) is 0.499. The summed E-state index contributed by atoms with van der Waals surface area (Å²) in [6.45, 7) is 5.52. The number of aliphatic hydroxyl groups is 1. The van der Waals surface area contributed by atoms with Crippen LogP contribution in [0.5, 0.6) is 0 Å². The molecular formula is C8H14O. The fourth-order valence-corrected chi connectivity index (χ4v) is 0.499. The van der Waals surface area contributed by atoms with E-state index >= 15 is 0 Å². The molecule has 0 aliphatic carbocycles. The molecule has 0 saturated carbocycles. The monoisotopic (exact) mass is 126 g/mol. The molecule has 1 unspecified atom stereocenters. The summed E-state index contributed by atoms with van der Waals surface area (Å²) in [7, 11) is 0. The second kappa shape index (κ2) is 5.57. The molecule has 0 aliphatic rings. The molecule has 0 fully saturated rings. The molecule has 0 aromatic rings. The zero-order chi connectivity index (χ0) is 7.11. The molecule has 0 aromatic heterocycles. The third kappa shape index (κ3) is 5.31. The standard InChI is InChI=1S/C8H14O/c1-3-5-6-7-8(9)4-2/h4-6,8-9H,2-3,7H2,1H3/b6-5+. The number of hydrogen-bond acceptors (Lipinski definition) is 1. The summed E-state index contributed by atoms with van der Waals surface area (Å²) >= 11 is 0. The minimum absolute atomic E-state index is 0.368. The van der Waals surface area contributed by atoms with Crippen LogP contribution in [0.15, 0.2) is 24.8 Å². The largest absolute Gasteiger partial charge is 0.389 e. The lowest BCUT2D eigenvalue weighted by atomic mass is 10.2. The van der Waals surface area contributed by atoms with E-state index in [2.05, 4.69) is 13.5 Å². The third-order valence-corrected chi connectivity index (χ3v) is 1.05. The topological polar surface area (TPSA) is 20.2 Å². The minimum Gasteiger partial charge on any atom is -0.389 e. The van der Waals surface area contributed by atoms with Gasteiger partial charge in [0.15, 0.2) is 0 Å². The highest BCUT2D eigenvalue weighted by Crippen LogP contribution is 1.93. The molecule has 0 saturated heterocycles. The third-order valence-electron chi connectivity index (χ3n) is 1.05. The first-order valence-electron chi connectivity index (χ1n) is 3.26. The van der Waals surface area contributed by atoms with Crippen LogP contribution in [0.2, 0.25) is 0 Å². The lowest BCUT2D eigenvalue weighted by molar-refractivity contribution is 0.227. The van der Waals surface area contributed by atoms with E-state index in [0.29, 0.717) is 6.42 Å². The highest BCUT2D eigenvalue weighted by Gasteiger charge is 1.89. The molecule has 0 radical (unpaired) electrons. The van der Waals surface area contributed by atoms with Gasteiger partial charge in [-0.2, -0.15) is 0 Å². The van der Waals surface area contributed by atoms with Gasteiger partial charge in [0.25, 0.3) is 0 Å². The molecule has 0 aliphatic heterocycles. The summed E-state index contributed by atoms with van der Waals surface area (Å²) in [5, 5.41) is 8.92. The number of hydrogen-bond donors (Lipinski definition) is 1. The predicted octanol–water partition coefficient (Wildman–Crippen LogP) is 1.89. The number of rotatable bonds is 4. The summed E-state index contributed by atoms with van der Waals surface area (Å²) in [6.07, 6.45) is 6.90. The van der Waals surface area contributed by atoms with Gasteiger partial charge >= 0.3 is 0 Å². The van der Waals surface area contributed by atoms with Crippen molar-refractivity contribution in [1.29, 1.82) is 0 Å². The average molecular weight is 126 g/mol. The molecule has 0 spiro atoms. The van der Waals surface area contributed by atoms with Crippen LogP contribution in [0.4, 0.5) is 0 Å². The van der Waals surface area contributed by atoms with Crippen molar-refractivity contribution in [2.75, 3.05) is 0 Å². The first-order valence-corrected chi connectivity index (χ1v) is 3.26. The van der Waals surface area contributed by atoms with Crippen molar-refractivity contribution in [2.24, 2.45) is 0 Å². The Hall–Kier alpha value is -0.560. The lowest BCUT2D eigenvalue weighted by Gasteiger charge is -1.96. The first-order chi connectivity index (χ1) is 4.31. The molecule has 1 nitrogen and oxygen atoms in total. The van der Waals surface area contributed by atoms with Crippen molar-refractivity contribution < 1.29 is 5.11 Å². The first kappa shape index (κ1) is 8.44. The smallest absolute Gasteiger partial charge is 0.0752 e. The van der Waals surface area contributed by atoms with Crippen LogP contribution in [0.25, 0.3) is 0 Å². The van der Waals surface area contributed by atoms with Crippen LogP contribution in [0.3, 0.4) is 0 Å². The summed E-state index contributed by atoms with van der Waals surface area (Å²) in [5.74, 6) is 0. The molecule has 0 aromatic carbocycles. The van der Waals surface area contributed by atoms with E-state index in [1.165, 1.54) is 0 Å². The number of allylic oxidation sites excluding steroid dienone is 1. The van der Waals surface area contributed by atoms with Gasteiger partial charge in [-0.3, -0.25) is 0 Å². The summed E-state index contributed by atoms with van der Waals surface area (Å²) in [4.78, 5) is 0. The van der Waals surface area contributed by atoms with E-state index in [0.717, 1.165) is 6.42 Å². The van der Waals surface area contributed by atoms with E-state index in [1.54, 1.807) is 6.08 Å². The molecule has 1 N–H and O–H groups in total. The summed E-state index contributed by atoms with van der Waals surface area (Å²) in [5.41, 5.74) is 0. The van der Waals surface area contributed by atoms with Gasteiger partial charge in [-0.1, -0.05) is 25.2 Å². The second-order valence-corrected chi connectivity index (χ2v) is 1.92. The maximum Gasteiger partial charge on any atom is 0.0752 e. The Labute approximate surface area is 56.7 Å². The maximum absolute atomic E-state index is 8.92. The Balaban J connectivity index is 3.25. The Kier molecular flexibility index (Phi) is 5.23. The normalized spacial score (nSPS) is 14.0. The van der Waals surface area contributed by atoms with Crippen molar-refractivity contribution >= 4 is 0 Å². The van der Waals surface area contributed by atoms with Crippen molar-refractivity contribution in [1.82, 2.24) is 0 Å². The molecule has 52 valence electrons. The highest BCUT2D eigenvalue weighted by atomic mass is 16.3. The van der Waals surface area contributed by atoms with Crippen LogP contribution < -0.4 is 0 Å². The van der Waals surface area contributed by atoms with Gasteiger partial charge in [0, 0.05) is 0 Å². The van der Waals surface area contributed by atoms with Gasteiger partial charge in [-0.25, -0.2) is 0 Å². The van der Waals surface area contributed by atoms with Crippen LogP contribution in [0, 0.1) is 0 Å². The Morgan fingerprint density at radius 3 is 2.67 bits per heavy atom. The van der Waals surface area contributed by atoms with E-state index in [-0.39, 0.29) is 6.10 Å². The van der Waals surface area contributed by atoms with Crippen LogP contribution >= 0.6 is 0 Å². The van der Waals surface area contributed by atoms with Gasteiger partial charge in [0.05, 0.1) is 6.10 Å². The van der Waals surface area contributed by atoms with Crippen molar-refractivity contribution in [3.8, 4) is 0 Å². The molecule has 1 atom stereocenters. The Morgan fingerprint density at radius 2 is 2.22 bits per heavy atom. The van der Waals surface area contributed by atoms with Gasteiger partial charge in [-0.05, 0) is 12.8 Å². The van der Waals surface area contributed by atoms with Gasteiger partial charge in [0.2, 0.25) is 0 Å². The zero-order valence-corrected chi connectivity index (χ0v) is 5.88. The Morgan fingerprint density at radius 1 is 1.56 bits per heavy atom. The predicted molar refractivity (Wildman–Crippen MR) is 40.3 cm³/mol. The van der Waals surface area contributed by atoms with Gasteiger partial charge < -0.3 is 5.11 Å². The lowest BCUT2D eigenvalue weighted by Crippen LogP contribution is -1.97. The summed E-state index contributed by atoms with van der Waals surface area (Å²) in [6, 6.07) is 0. The molecule has 0 rings (SSSR count).